The topological polar surface area (TPSA) is 84.4 Å². The summed E-state index contributed by atoms with van der Waals surface area (Å²) in [5.41, 5.74) is 0.684. The lowest BCUT2D eigenvalue weighted by Crippen LogP contribution is -2.28. The van der Waals surface area contributed by atoms with E-state index in [1.807, 2.05) is 32.0 Å². The smallest absolute Gasteiger partial charge is 0.231 e. The number of nitrogens with zero attached hydrogens (tertiary/aromatic N) is 3. The van der Waals surface area contributed by atoms with Gasteiger partial charge in [0.2, 0.25) is 16.9 Å². The Hall–Kier alpha value is -2.48. The van der Waals surface area contributed by atoms with E-state index in [-0.39, 0.29) is 24.2 Å². The van der Waals surface area contributed by atoms with Gasteiger partial charge in [0.25, 0.3) is 0 Å². The SMILES string of the molecule is COc1ccccc1N1C[C@H](C(=O)Nc2nnc(C(C)C)s2)CC1=O. The molecule has 0 spiro atoms. The Morgan fingerprint density at radius 3 is 2.80 bits per heavy atom. The van der Waals surface area contributed by atoms with Gasteiger partial charge in [0, 0.05) is 18.9 Å². The minimum Gasteiger partial charge on any atom is -0.495 e. The molecule has 1 aliphatic heterocycles. The monoisotopic (exact) mass is 360 g/mol. The van der Waals surface area contributed by atoms with Crippen LogP contribution in [0.15, 0.2) is 24.3 Å². The number of carbonyl (C=O) groups is 2. The average molecular weight is 360 g/mol. The first-order valence-corrected chi connectivity index (χ1v) is 8.89. The van der Waals surface area contributed by atoms with E-state index in [0.29, 0.717) is 23.1 Å². The number of para-hydroxylation sites is 2. The van der Waals surface area contributed by atoms with Gasteiger partial charge in [0.15, 0.2) is 0 Å². The number of hydrogen-bond donors (Lipinski definition) is 1. The lowest BCUT2D eigenvalue weighted by molar-refractivity contribution is -0.122. The Labute approximate surface area is 150 Å². The first kappa shape index (κ1) is 17.3. The van der Waals surface area contributed by atoms with Crippen LogP contribution in [0, 0.1) is 5.92 Å². The van der Waals surface area contributed by atoms with E-state index in [1.54, 1.807) is 18.1 Å². The van der Waals surface area contributed by atoms with Crippen LogP contribution < -0.4 is 15.0 Å². The predicted molar refractivity (Wildman–Crippen MR) is 96.1 cm³/mol. The number of aromatic nitrogens is 2. The van der Waals surface area contributed by atoms with Crippen molar-refractivity contribution < 1.29 is 14.3 Å². The number of ether oxygens (including phenoxy) is 1. The number of rotatable bonds is 5. The van der Waals surface area contributed by atoms with Gasteiger partial charge in [-0.15, -0.1) is 10.2 Å². The number of hydrogen-bond acceptors (Lipinski definition) is 6. The zero-order chi connectivity index (χ0) is 18.0. The Bertz CT molecular complexity index is 790. The third-order valence-electron chi connectivity index (χ3n) is 4.04. The summed E-state index contributed by atoms with van der Waals surface area (Å²) >= 11 is 1.36. The van der Waals surface area contributed by atoms with Crippen LogP contribution in [0.1, 0.15) is 31.2 Å². The van der Waals surface area contributed by atoms with Gasteiger partial charge in [-0.3, -0.25) is 9.59 Å². The molecule has 2 amide bonds. The zero-order valence-electron chi connectivity index (χ0n) is 14.4. The van der Waals surface area contributed by atoms with Crippen molar-refractivity contribution >= 4 is 34.0 Å². The predicted octanol–water partition coefficient (Wildman–Crippen LogP) is 2.66. The first-order valence-electron chi connectivity index (χ1n) is 8.07. The van der Waals surface area contributed by atoms with E-state index in [1.165, 1.54) is 11.3 Å². The van der Waals surface area contributed by atoms with Gasteiger partial charge < -0.3 is 15.0 Å². The Kier molecular flexibility index (Phi) is 4.98. The minimum absolute atomic E-state index is 0.0928. The van der Waals surface area contributed by atoms with Gasteiger partial charge >= 0.3 is 0 Å². The maximum absolute atomic E-state index is 12.5. The molecule has 0 radical (unpaired) electrons. The molecule has 1 aliphatic rings. The second kappa shape index (κ2) is 7.18. The summed E-state index contributed by atoms with van der Waals surface area (Å²) in [6.45, 7) is 4.36. The molecule has 1 N–H and O–H groups in total. The molecule has 1 atom stereocenters. The molecule has 0 aliphatic carbocycles. The highest BCUT2D eigenvalue weighted by Gasteiger charge is 2.36. The molecule has 25 heavy (non-hydrogen) atoms. The quantitative estimate of drug-likeness (QED) is 0.886. The zero-order valence-corrected chi connectivity index (χ0v) is 15.2. The normalized spacial score (nSPS) is 17.2. The number of anilines is 2. The fourth-order valence-electron chi connectivity index (χ4n) is 2.69. The van der Waals surface area contributed by atoms with Gasteiger partial charge in [-0.1, -0.05) is 37.3 Å². The van der Waals surface area contributed by atoms with Crippen LogP contribution >= 0.6 is 11.3 Å². The van der Waals surface area contributed by atoms with Gasteiger partial charge in [-0.2, -0.15) is 0 Å². The molecule has 7 nitrogen and oxygen atoms in total. The van der Waals surface area contributed by atoms with Crippen molar-refractivity contribution in [3.05, 3.63) is 29.3 Å². The lowest BCUT2D eigenvalue weighted by Gasteiger charge is -2.19. The fraction of sp³-hybridized carbons (Fsp3) is 0.412. The molecule has 1 aromatic heterocycles. The molecule has 1 fully saturated rings. The summed E-state index contributed by atoms with van der Waals surface area (Å²) in [5.74, 6) is 0.144. The summed E-state index contributed by atoms with van der Waals surface area (Å²) in [6.07, 6.45) is 0.166. The van der Waals surface area contributed by atoms with E-state index in [9.17, 15) is 9.59 Å². The summed E-state index contributed by atoms with van der Waals surface area (Å²) in [6, 6.07) is 7.30. The third kappa shape index (κ3) is 3.63. The van der Waals surface area contributed by atoms with Crippen LogP contribution in [0.2, 0.25) is 0 Å². The third-order valence-corrected chi connectivity index (χ3v) is 5.18. The molecule has 0 unspecified atom stereocenters. The maximum atomic E-state index is 12.5. The number of benzene rings is 1. The van der Waals surface area contributed by atoms with Crippen molar-refractivity contribution in [1.82, 2.24) is 10.2 Å². The average Bonchev–Trinajstić information content (AvgIpc) is 3.21. The van der Waals surface area contributed by atoms with Crippen molar-refractivity contribution in [1.29, 1.82) is 0 Å². The first-order chi connectivity index (χ1) is 12.0. The number of amides is 2. The summed E-state index contributed by atoms with van der Waals surface area (Å²) < 4.78 is 5.31. The van der Waals surface area contributed by atoms with Crippen LogP contribution in [0.5, 0.6) is 5.75 Å². The fourth-order valence-corrected chi connectivity index (χ4v) is 3.44. The van der Waals surface area contributed by atoms with E-state index < -0.39 is 5.92 Å². The maximum Gasteiger partial charge on any atom is 0.231 e. The standard InChI is InChI=1S/C17H20N4O3S/c1-10(2)16-19-20-17(25-16)18-15(23)11-8-14(22)21(9-11)12-6-4-5-7-13(12)24-3/h4-7,10-11H,8-9H2,1-3H3,(H,18,20,23)/t11-/m1/s1. The minimum atomic E-state index is -0.427. The number of nitrogens with one attached hydrogen (secondary N) is 1. The van der Waals surface area contributed by atoms with Gasteiger partial charge in [0.05, 0.1) is 18.7 Å². The van der Waals surface area contributed by atoms with Crippen molar-refractivity contribution in [3.8, 4) is 5.75 Å². The largest absolute Gasteiger partial charge is 0.495 e. The molecule has 132 valence electrons. The Balaban J connectivity index is 1.70. The molecule has 1 saturated heterocycles. The Morgan fingerprint density at radius 2 is 2.12 bits per heavy atom. The summed E-state index contributed by atoms with van der Waals surface area (Å²) in [7, 11) is 1.56. The van der Waals surface area contributed by atoms with Crippen LogP contribution in [-0.2, 0) is 9.59 Å². The van der Waals surface area contributed by atoms with E-state index >= 15 is 0 Å². The molecular weight excluding hydrogens is 340 g/mol. The van der Waals surface area contributed by atoms with Gasteiger partial charge in [-0.25, -0.2) is 0 Å². The van der Waals surface area contributed by atoms with Crippen LogP contribution in [0.25, 0.3) is 0 Å². The molecule has 0 saturated carbocycles. The summed E-state index contributed by atoms with van der Waals surface area (Å²) in [5, 5.41) is 12.2. The van der Waals surface area contributed by atoms with Crippen molar-refractivity contribution in [2.75, 3.05) is 23.9 Å². The summed E-state index contributed by atoms with van der Waals surface area (Å²) in [4.78, 5) is 26.5. The van der Waals surface area contributed by atoms with Crippen LogP contribution in [0.3, 0.4) is 0 Å². The van der Waals surface area contributed by atoms with E-state index in [4.69, 9.17) is 4.74 Å². The molecule has 0 bridgehead atoms. The second-order valence-corrected chi connectivity index (χ2v) is 7.18. The number of methoxy groups -OCH3 is 1. The molecule has 8 heteroatoms. The molecule has 2 heterocycles. The van der Waals surface area contributed by atoms with Crippen molar-refractivity contribution in [3.63, 3.8) is 0 Å². The highest BCUT2D eigenvalue weighted by Crippen LogP contribution is 2.33. The molecular formula is C17H20N4O3S. The van der Waals surface area contributed by atoms with Crippen molar-refractivity contribution in [2.24, 2.45) is 5.92 Å². The lowest BCUT2D eigenvalue weighted by atomic mass is 10.1. The van der Waals surface area contributed by atoms with Crippen LogP contribution in [-0.4, -0.2) is 35.7 Å². The second-order valence-electron chi connectivity index (χ2n) is 6.17. The van der Waals surface area contributed by atoms with Crippen LogP contribution in [0.4, 0.5) is 10.8 Å². The van der Waals surface area contributed by atoms with Gasteiger partial charge in [-0.05, 0) is 12.1 Å². The van der Waals surface area contributed by atoms with Crippen molar-refractivity contribution in [2.45, 2.75) is 26.2 Å². The molecule has 3 rings (SSSR count). The number of carbonyl (C=O) groups excluding carboxylic acids is 2. The highest BCUT2D eigenvalue weighted by atomic mass is 32.1. The van der Waals surface area contributed by atoms with E-state index in [2.05, 4.69) is 15.5 Å². The molecule has 2 aromatic rings. The highest BCUT2D eigenvalue weighted by molar-refractivity contribution is 7.15. The van der Waals surface area contributed by atoms with E-state index in [0.717, 1.165) is 5.01 Å². The Morgan fingerprint density at radius 1 is 1.36 bits per heavy atom. The molecule has 1 aromatic carbocycles. The van der Waals surface area contributed by atoms with Gasteiger partial charge in [0.1, 0.15) is 10.8 Å².